The van der Waals surface area contributed by atoms with E-state index in [9.17, 15) is 4.79 Å². The van der Waals surface area contributed by atoms with Crippen LogP contribution in [-0.4, -0.2) is 31.2 Å². The molecule has 1 aromatic carbocycles. The lowest BCUT2D eigenvalue weighted by Gasteiger charge is -2.40. The van der Waals surface area contributed by atoms with Crippen LogP contribution < -0.4 is 10.6 Å². The van der Waals surface area contributed by atoms with Crippen molar-refractivity contribution in [3.63, 3.8) is 0 Å². The van der Waals surface area contributed by atoms with E-state index >= 15 is 0 Å². The Hall–Kier alpha value is -1.39. The molecule has 1 unspecified atom stereocenters. The SMILES string of the molecule is CC(NC1(CNC(=O)[C@H]2CC2(C)C)CCOCC1)c1ccccc1. The Balaban J connectivity index is 1.63. The molecule has 1 amide bonds. The summed E-state index contributed by atoms with van der Waals surface area (Å²) in [6, 6.07) is 10.7. The first-order valence-electron chi connectivity index (χ1n) is 9.10. The zero-order chi connectivity index (χ0) is 17.2. The summed E-state index contributed by atoms with van der Waals surface area (Å²) in [5.41, 5.74) is 1.37. The molecule has 2 fully saturated rings. The van der Waals surface area contributed by atoms with Gasteiger partial charge in [0, 0.05) is 37.3 Å². The second kappa shape index (κ2) is 6.85. The molecule has 0 bridgehead atoms. The van der Waals surface area contributed by atoms with E-state index in [4.69, 9.17) is 4.74 Å². The van der Waals surface area contributed by atoms with Crippen molar-refractivity contribution < 1.29 is 9.53 Å². The predicted molar refractivity (Wildman–Crippen MR) is 95.7 cm³/mol. The first-order valence-corrected chi connectivity index (χ1v) is 9.10. The van der Waals surface area contributed by atoms with Crippen LogP contribution in [0.1, 0.15) is 51.6 Å². The number of carbonyl (C=O) groups excluding carboxylic acids is 1. The maximum atomic E-state index is 12.4. The smallest absolute Gasteiger partial charge is 0.223 e. The molecule has 0 aromatic heterocycles. The first kappa shape index (κ1) is 17.4. The molecule has 2 aliphatic rings. The summed E-state index contributed by atoms with van der Waals surface area (Å²) < 4.78 is 5.56. The van der Waals surface area contributed by atoms with E-state index < -0.39 is 0 Å². The molecule has 3 rings (SSSR count). The van der Waals surface area contributed by atoms with Crippen LogP contribution in [0.25, 0.3) is 0 Å². The molecule has 1 saturated carbocycles. The van der Waals surface area contributed by atoms with Crippen molar-refractivity contribution in [1.29, 1.82) is 0 Å². The molecule has 1 aromatic rings. The summed E-state index contributed by atoms with van der Waals surface area (Å²) in [4.78, 5) is 12.4. The zero-order valence-electron chi connectivity index (χ0n) is 15.1. The van der Waals surface area contributed by atoms with Crippen LogP contribution in [0.15, 0.2) is 30.3 Å². The predicted octanol–water partition coefficient (Wildman–Crippen LogP) is 3.05. The quantitative estimate of drug-likeness (QED) is 0.843. The molecule has 4 heteroatoms. The second-order valence-corrected chi connectivity index (χ2v) is 8.13. The van der Waals surface area contributed by atoms with Crippen LogP contribution in [-0.2, 0) is 9.53 Å². The minimum Gasteiger partial charge on any atom is -0.381 e. The van der Waals surface area contributed by atoms with E-state index in [0.717, 1.165) is 32.5 Å². The Morgan fingerprint density at radius 3 is 2.46 bits per heavy atom. The number of hydrogen-bond acceptors (Lipinski definition) is 3. The van der Waals surface area contributed by atoms with Gasteiger partial charge in [-0.1, -0.05) is 44.2 Å². The van der Waals surface area contributed by atoms with Crippen LogP contribution in [0.5, 0.6) is 0 Å². The van der Waals surface area contributed by atoms with Crippen molar-refractivity contribution in [2.75, 3.05) is 19.8 Å². The van der Waals surface area contributed by atoms with Gasteiger partial charge in [0.05, 0.1) is 0 Å². The Kier molecular flexibility index (Phi) is 4.97. The lowest BCUT2D eigenvalue weighted by Crippen LogP contribution is -2.57. The van der Waals surface area contributed by atoms with Gasteiger partial charge in [0.25, 0.3) is 0 Å². The molecular weight excluding hydrogens is 300 g/mol. The standard InChI is InChI=1S/C20H30N2O2/c1-15(16-7-5-4-6-8-16)22-20(9-11-24-12-10-20)14-21-18(23)17-13-19(17,2)3/h4-8,15,17,22H,9-14H2,1-3H3,(H,21,23)/t15?,17-/m1/s1. The van der Waals surface area contributed by atoms with E-state index in [0.29, 0.717) is 6.54 Å². The van der Waals surface area contributed by atoms with E-state index in [1.807, 2.05) is 6.07 Å². The fourth-order valence-corrected chi connectivity index (χ4v) is 3.71. The number of nitrogens with one attached hydrogen (secondary N) is 2. The van der Waals surface area contributed by atoms with Crippen molar-refractivity contribution in [1.82, 2.24) is 10.6 Å². The minimum absolute atomic E-state index is 0.0811. The Morgan fingerprint density at radius 2 is 1.88 bits per heavy atom. The molecule has 2 N–H and O–H groups in total. The third kappa shape index (κ3) is 3.98. The number of carbonyl (C=O) groups is 1. The fourth-order valence-electron chi connectivity index (χ4n) is 3.71. The fraction of sp³-hybridized carbons (Fsp3) is 0.650. The van der Waals surface area contributed by atoms with Crippen LogP contribution in [0.2, 0.25) is 0 Å². The molecular formula is C20H30N2O2. The molecule has 4 nitrogen and oxygen atoms in total. The van der Waals surface area contributed by atoms with Gasteiger partial charge < -0.3 is 15.4 Å². The van der Waals surface area contributed by atoms with Gasteiger partial charge in [-0.25, -0.2) is 0 Å². The van der Waals surface area contributed by atoms with Crippen LogP contribution in [0, 0.1) is 11.3 Å². The number of ether oxygens (including phenoxy) is 1. The Morgan fingerprint density at radius 1 is 1.25 bits per heavy atom. The van der Waals surface area contributed by atoms with Crippen LogP contribution in [0.3, 0.4) is 0 Å². The Labute approximate surface area is 145 Å². The molecule has 1 heterocycles. The molecule has 1 aliphatic heterocycles. The minimum atomic E-state index is -0.0811. The summed E-state index contributed by atoms with van der Waals surface area (Å²) in [5, 5.41) is 7.00. The van der Waals surface area contributed by atoms with Gasteiger partial charge in [0.2, 0.25) is 5.91 Å². The highest BCUT2D eigenvalue weighted by atomic mass is 16.5. The highest BCUT2D eigenvalue weighted by Gasteiger charge is 2.50. The zero-order valence-corrected chi connectivity index (χ0v) is 15.1. The number of hydrogen-bond donors (Lipinski definition) is 2. The highest BCUT2D eigenvalue weighted by Crippen LogP contribution is 2.51. The molecule has 0 spiro atoms. The molecule has 1 saturated heterocycles. The second-order valence-electron chi connectivity index (χ2n) is 8.13. The topological polar surface area (TPSA) is 50.4 Å². The highest BCUT2D eigenvalue weighted by molar-refractivity contribution is 5.82. The summed E-state index contributed by atoms with van der Waals surface area (Å²) in [6.07, 6.45) is 2.86. The lowest BCUT2D eigenvalue weighted by molar-refractivity contribution is -0.123. The monoisotopic (exact) mass is 330 g/mol. The van der Waals surface area contributed by atoms with Gasteiger partial charge in [0.1, 0.15) is 0 Å². The maximum Gasteiger partial charge on any atom is 0.223 e. The summed E-state index contributed by atoms with van der Waals surface area (Å²) >= 11 is 0. The van der Waals surface area contributed by atoms with Crippen molar-refractivity contribution in [3.05, 3.63) is 35.9 Å². The number of rotatable bonds is 6. The van der Waals surface area contributed by atoms with E-state index in [1.165, 1.54) is 5.56 Å². The van der Waals surface area contributed by atoms with Gasteiger partial charge in [-0.05, 0) is 37.2 Å². The molecule has 2 atom stereocenters. The van der Waals surface area contributed by atoms with Crippen molar-refractivity contribution in [2.45, 2.75) is 51.6 Å². The van der Waals surface area contributed by atoms with E-state index in [2.05, 4.69) is 55.7 Å². The molecule has 1 aliphatic carbocycles. The van der Waals surface area contributed by atoms with Crippen molar-refractivity contribution in [2.24, 2.45) is 11.3 Å². The third-order valence-electron chi connectivity index (χ3n) is 5.70. The normalized spacial score (nSPS) is 25.7. The van der Waals surface area contributed by atoms with Gasteiger partial charge in [-0.2, -0.15) is 0 Å². The Bertz CT molecular complexity index is 564. The van der Waals surface area contributed by atoms with E-state index in [-0.39, 0.29) is 28.8 Å². The average Bonchev–Trinajstić information content (AvgIpc) is 3.23. The van der Waals surface area contributed by atoms with Gasteiger partial charge in [0.15, 0.2) is 0 Å². The number of benzene rings is 1. The van der Waals surface area contributed by atoms with Crippen LogP contribution >= 0.6 is 0 Å². The maximum absolute atomic E-state index is 12.4. The largest absolute Gasteiger partial charge is 0.381 e. The lowest BCUT2D eigenvalue weighted by atomic mass is 9.88. The van der Waals surface area contributed by atoms with Gasteiger partial charge >= 0.3 is 0 Å². The molecule has 132 valence electrons. The summed E-state index contributed by atoms with van der Waals surface area (Å²) in [7, 11) is 0. The summed E-state index contributed by atoms with van der Waals surface area (Å²) in [6.45, 7) is 8.70. The molecule has 24 heavy (non-hydrogen) atoms. The summed E-state index contributed by atoms with van der Waals surface area (Å²) in [5.74, 6) is 0.390. The number of amides is 1. The van der Waals surface area contributed by atoms with Crippen molar-refractivity contribution in [3.8, 4) is 0 Å². The average molecular weight is 330 g/mol. The van der Waals surface area contributed by atoms with Crippen LogP contribution in [0.4, 0.5) is 0 Å². The first-order chi connectivity index (χ1) is 11.4. The van der Waals surface area contributed by atoms with E-state index in [1.54, 1.807) is 0 Å². The molecule has 0 radical (unpaired) electrons. The van der Waals surface area contributed by atoms with Gasteiger partial charge in [-0.15, -0.1) is 0 Å². The van der Waals surface area contributed by atoms with Crippen molar-refractivity contribution >= 4 is 5.91 Å². The van der Waals surface area contributed by atoms with Gasteiger partial charge in [-0.3, -0.25) is 4.79 Å². The third-order valence-corrected chi connectivity index (χ3v) is 5.70.